The summed E-state index contributed by atoms with van der Waals surface area (Å²) in [5.74, 6) is 1.44. The standard InChI is InChI=1S/C29H25FN4O2S/c1-19(21-16-22(30)18-31-17-21)32-29-33-25-13-14-37-28(25)27(34-29)26(35)12-6-8-20-7-5-11-24(15-20)36-23-9-3-2-4-10-23/h2-5,7,9-11,13-19H,6,8,12H2,1H3,(H,32,33,34)/t19-/m0/s1. The second-order valence-corrected chi connectivity index (χ2v) is 9.59. The maximum atomic E-state index is 13.6. The number of carbonyl (C=O) groups is 1. The first-order valence-electron chi connectivity index (χ1n) is 12.0. The lowest BCUT2D eigenvalue weighted by molar-refractivity contribution is 0.0977. The summed E-state index contributed by atoms with van der Waals surface area (Å²) in [7, 11) is 0. The number of pyridine rings is 1. The zero-order valence-corrected chi connectivity index (χ0v) is 21.0. The van der Waals surface area contributed by atoms with Crippen molar-refractivity contribution in [2.24, 2.45) is 0 Å². The number of nitrogens with one attached hydrogen (secondary N) is 1. The topological polar surface area (TPSA) is 77.0 Å². The Bertz CT molecular complexity index is 1520. The highest BCUT2D eigenvalue weighted by molar-refractivity contribution is 7.17. The van der Waals surface area contributed by atoms with Gasteiger partial charge in [0.25, 0.3) is 0 Å². The smallest absolute Gasteiger partial charge is 0.224 e. The Morgan fingerprint density at radius 3 is 2.70 bits per heavy atom. The van der Waals surface area contributed by atoms with E-state index in [4.69, 9.17) is 4.74 Å². The summed E-state index contributed by atoms with van der Waals surface area (Å²) < 4.78 is 20.3. The van der Waals surface area contributed by atoms with E-state index in [0.717, 1.165) is 34.4 Å². The van der Waals surface area contributed by atoms with Crippen LogP contribution in [-0.2, 0) is 6.42 Å². The van der Waals surface area contributed by atoms with Gasteiger partial charge in [-0.3, -0.25) is 9.78 Å². The number of nitrogens with zero attached hydrogens (tertiary/aromatic N) is 3. The first kappa shape index (κ1) is 24.5. The largest absolute Gasteiger partial charge is 0.457 e. The summed E-state index contributed by atoms with van der Waals surface area (Å²) in [5.41, 5.74) is 2.89. The minimum atomic E-state index is -0.409. The van der Waals surface area contributed by atoms with Crippen molar-refractivity contribution in [3.63, 3.8) is 0 Å². The van der Waals surface area contributed by atoms with Crippen LogP contribution in [0.3, 0.4) is 0 Å². The fraction of sp³-hybridized carbons (Fsp3) is 0.172. The molecule has 186 valence electrons. The minimum Gasteiger partial charge on any atom is -0.457 e. The number of aromatic nitrogens is 3. The van der Waals surface area contributed by atoms with E-state index in [-0.39, 0.29) is 11.8 Å². The van der Waals surface area contributed by atoms with E-state index in [1.165, 1.54) is 17.4 Å². The molecule has 0 saturated carbocycles. The third-order valence-corrected chi connectivity index (χ3v) is 6.80. The zero-order chi connectivity index (χ0) is 25.6. The van der Waals surface area contributed by atoms with E-state index < -0.39 is 5.82 Å². The molecule has 3 heterocycles. The number of anilines is 1. The number of halogens is 1. The molecule has 0 aliphatic rings. The van der Waals surface area contributed by atoms with Crippen molar-refractivity contribution >= 4 is 33.3 Å². The number of ether oxygens (including phenoxy) is 1. The molecule has 0 aliphatic carbocycles. The number of rotatable bonds is 10. The number of hydrogen-bond acceptors (Lipinski definition) is 7. The first-order valence-corrected chi connectivity index (χ1v) is 12.9. The van der Waals surface area contributed by atoms with Gasteiger partial charge in [0.1, 0.15) is 23.0 Å². The summed E-state index contributed by atoms with van der Waals surface area (Å²) in [6.07, 6.45) is 4.53. The number of ketones is 1. The number of para-hydroxylation sites is 1. The maximum Gasteiger partial charge on any atom is 0.224 e. The predicted molar refractivity (Wildman–Crippen MR) is 144 cm³/mol. The third kappa shape index (κ3) is 6.16. The molecule has 0 fully saturated rings. The van der Waals surface area contributed by atoms with Crippen molar-refractivity contribution < 1.29 is 13.9 Å². The van der Waals surface area contributed by atoms with Crippen molar-refractivity contribution in [3.05, 3.63) is 107 Å². The molecule has 0 radical (unpaired) electrons. The fourth-order valence-electron chi connectivity index (χ4n) is 4.02. The molecule has 8 heteroatoms. The van der Waals surface area contributed by atoms with Gasteiger partial charge < -0.3 is 10.1 Å². The van der Waals surface area contributed by atoms with Crippen molar-refractivity contribution in [1.82, 2.24) is 15.0 Å². The highest BCUT2D eigenvalue weighted by Gasteiger charge is 2.18. The van der Waals surface area contributed by atoms with Gasteiger partial charge in [0.15, 0.2) is 5.78 Å². The normalized spacial score (nSPS) is 11.8. The highest BCUT2D eigenvalue weighted by Crippen LogP contribution is 2.27. The first-order chi connectivity index (χ1) is 18.0. The van der Waals surface area contributed by atoms with Crippen LogP contribution in [0.5, 0.6) is 11.5 Å². The summed E-state index contributed by atoms with van der Waals surface area (Å²) in [5, 5.41) is 5.08. The van der Waals surface area contributed by atoms with Crippen molar-refractivity contribution in [3.8, 4) is 11.5 Å². The number of fused-ring (bicyclic) bond motifs is 1. The molecule has 1 atom stereocenters. The number of thiophene rings is 1. The molecule has 3 aromatic heterocycles. The van der Waals surface area contributed by atoms with Gasteiger partial charge >= 0.3 is 0 Å². The molecular formula is C29H25FN4O2S. The van der Waals surface area contributed by atoms with Gasteiger partial charge in [-0.2, -0.15) is 0 Å². The summed E-state index contributed by atoms with van der Waals surface area (Å²) in [6.45, 7) is 1.87. The SMILES string of the molecule is C[C@H](Nc1nc(C(=O)CCCc2cccc(Oc3ccccc3)c2)c2sccc2n1)c1cncc(F)c1. The molecule has 6 nitrogen and oxygen atoms in total. The zero-order valence-electron chi connectivity index (χ0n) is 20.2. The molecular weight excluding hydrogens is 487 g/mol. The molecule has 1 N–H and O–H groups in total. The Kier molecular flexibility index (Phi) is 7.46. The van der Waals surface area contributed by atoms with Gasteiger partial charge in [0.2, 0.25) is 5.95 Å². The lowest BCUT2D eigenvalue weighted by Crippen LogP contribution is -2.13. The van der Waals surface area contributed by atoms with Crippen LogP contribution < -0.4 is 10.1 Å². The molecule has 0 saturated heterocycles. The minimum absolute atomic E-state index is 0.0327. The number of hydrogen-bond donors (Lipinski definition) is 1. The average molecular weight is 513 g/mol. The Labute approximate surface area is 218 Å². The highest BCUT2D eigenvalue weighted by atomic mass is 32.1. The van der Waals surface area contributed by atoms with Gasteiger partial charge in [-0.25, -0.2) is 14.4 Å². The van der Waals surface area contributed by atoms with Gasteiger partial charge in [0, 0.05) is 12.6 Å². The van der Waals surface area contributed by atoms with Crippen LogP contribution in [0, 0.1) is 5.82 Å². The lowest BCUT2D eigenvalue weighted by atomic mass is 10.0. The van der Waals surface area contributed by atoms with Gasteiger partial charge in [-0.05, 0) is 72.7 Å². The molecule has 5 rings (SSSR count). The third-order valence-electron chi connectivity index (χ3n) is 5.89. The van der Waals surface area contributed by atoms with Crippen LogP contribution in [0.15, 0.2) is 84.5 Å². The number of Topliss-reactive ketones (excluding diaryl/α,β-unsaturated/α-hetero) is 1. The summed E-state index contributed by atoms with van der Waals surface area (Å²) in [4.78, 5) is 26.2. The summed E-state index contributed by atoms with van der Waals surface area (Å²) >= 11 is 1.45. The van der Waals surface area contributed by atoms with Crippen LogP contribution in [0.25, 0.3) is 10.2 Å². The Hall–Kier alpha value is -4.17. The van der Waals surface area contributed by atoms with Crippen molar-refractivity contribution in [2.75, 3.05) is 5.32 Å². The van der Waals surface area contributed by atoms with E-state index in [0.29, 0.717) is 35.6 Å². The average Bonchev–Trinajstić information content (AvgIpc) is 3.38. The molecule has 0 spiro atoms. The predicted octanol–water partition coefficient (Wildman–Crippen LogP) is 7.40. The molecule has 0 bridgehead atoms. The van der Waals surface area contributed by atoms with E-state index >= 15 is 0 Å². The van der Waals surface area contributed by atoms with Crippen LogP contribution in [0.2, 0.25) is 0 Å². The van der Waals surface area contributed by atoms with Crippen LogP contribution >= 0.6 is 11.3 Å². The van der Waals surface area contributed by atoms with Crippen LogP contribution in [0.4, 0.5) is 10.3 Å². The molecule has 37 heavy (non-hydrogen) atoms. The van der Waals surface area contributed by atoms with Crippen molar-refractivity contribution in [1.29, 1.82) is 0 Å². The summed E-state index contributed by atoms with van der Waals surface area (Å²) in [6, 6.07) is 20.6. The number of benzene rings is 2. The monoisotopic (exact) mass is 512 g/mol. The van der Waals surface area contributed by atoms with E-state index in [9.17, 15) is 9.18 Å². The Morgan fingerprint density at radius 1 is 1.03 bits per heavy atom. The van der Waals surface area contributed by atoms with E-state index in [1.54, 1.807) is 6.20 Å². The number of aryl methyl sites for hydroxylation is 1. The molecule has 2 aromatic carbocycles. The van der Waals surface area contributed by atoms with Crippen LogP contribution in [-0.4, -0.2) is 20.7 Å². The van der Waals surface area contributed by atoms with Crippen molar-refractivity contribution in [2.45, 2.75) is 32.2 Å². The Morgan fingerprint density at radius 2 is 1.86 bits per heavy atom. The lowest BCUT2D eigenvalue weighted by Gasteiger charge is -2.14. The van der Waals surface area contributed by atoms with Gasteiger partial charge in [0.05, 0.1) is 22.5 Å². The quantitative estimate of drug-likeness (QED) is 0.197. The number of carbonyl (C=O) groups excluding carboxylic acids is 1. The second kappa shape index (κ2) is 11.3. The molecule has 0 amide bonds. The van der Waals surface area contributed by atoms with E-state index in [2.05, 4.69) is 20.3 Å². The van der Waals surface area contributed by atoms with Crippen LogP contribution in [0.1, 0.15) is 47.4 Å². The van der Waals surface area contributed by atoms with Gasteiger partial charge in [-0.1, -0.05) is 30.3 Å². The maximum absolute atomic E-state index is 13.6. The molecule has 5 aromatic rings. The molecule has 0 aliphatic heterocycles. The second-order valence-electron chi connectivity index (χ2n) is 8.67. The molecule has 0 unspecified atom stereocenters. The van der Waals surface area contributed by atoms with Gasteiger partial charge in [-0.15, -0.1) is 11.3 Å². The Balaban J connectivity index is 1.25. The van der Waals surface area contributed by atoms with E-state index in [1.807, 2.05) is 73.0 Å². The fourth-order valence-corrected chi connectivity index (χ4v) is 4.86.